The number of nitrogens with two attached hydrogens (primary N) is 2. The van der Waals surface area contributed by atoms with Crippen LogP contribution in [0.5, 0.6) is 0 Å². The first kappa shape index (κ1) is 56.5. The fraction of sp³-hybridized carbons (Fsp3) is 1.00. The summed E-state index contributed by atoms with van der Waals surface area (Å²) in [5.74, 6) is -5.50. The Morgan fingerprint density at radius 2 is 0.370 bits per heavy atom. The molecule has 0 atom stereocenters. The molecule has 0 aromatic carbocycles. The highest BCUT2D eigenvalue weighted by Gasteiger charge is 2.28. The van der Waals surface area contributed by atoms with Crippen LogP contribution in [-0.4, -0.2) is 115 Å². The van der Waals surface area contributed by atoms with Gasteiger partial charge in [0, 0.05) is 0 Å². The molecular weight excluding hydrogens is 804 g/mol. The van der Waals surface area contributed by atoms with E-state index < -0.39 is 84.4 Å². The lowest BCUT2D eigenvalue weighted by atomic mass is 10.1. The van der Waals surface area contributed by atoms with E-state index in [0.717, 1.165) is 13.1 Å². The maximum absolute atomic E-state index is 9.85. The molecule has 34 heteroatoms. The molecule has 0 aromatic rings. The van der Waals surface area contributed by atoms with E-state index in [2.05, 4.69) is 0 Å². The minimum absolute atomic E-state index is 0.844. The van der Waals surface area contributed by atoms with Crippen LogP contribution in [0, 0.1) is 0 Å². The van der Waals surface area contributed by atoms with Gasteiger partial charge in [-0.15, -0.1) is 0 Å². The molecular formula is C12H44N2O24P8. The third-order valence-corrected chi connectivity index (χ3v) is 14.9. The molecule has 0 aliphatic rings. The summed E-state index contributed by atoms with van der Waals surface area (Å²) in [4.78, 5) is 128. The normalized spacial score (nSPS) is 13.0. The summed E-state index contributed by atoms with van der Waals surface area (Å²) < 4.78 is 78.8. The minimum atomic E-state index is -4.55. The summed E-state index contributed by atoms with van der Waals surface area (Å²) in [5.41, 5.74) is 10.7. The summed E-state index contributed by atoms with van der Waals surface area (Å²) in [7, 11) is -36.4. The van der Waals surface area contributed by atoms with Crippen LogP contribution in [0.15, 0.2) is 0 Å². The van der Waals surface area contributed by atoms with Gasteiger partial charge < -0.3 is 89.8 Å². The van der Waals surface area contributed by atoms with Gasteiger partial charge >= 0.3 is 60.8 Å². The van der Waals surface area contributed by atoms with Crippen LogP contribution in [0.2, 0.25) is 0 Å². The Morgan fingerprint density at radius 1 is 0.261 bits per heavy atom. The maximum atomic E-state index is 9.85. The van der Waals surface area contributed by atoms with E-state index in [4.69, 9.17) is 89.8 Å². The third-order valence-electron chi connectivity index (χ3n) is 3.13. The SMILES string of the molecule is NCCCCCCCCN.O=P(O)(O)CP(=O)(O)O.O=P(O)(O)CP(=O)(O)O.O=P(O)(O)CP(=O)(O)O.O=P(O)(O)CP(=O)(O)O. The van der Waals surface area contributed by atoms with E-state index in [0.29, 0.717) is 0 Å². The highest BCUT2D eigenvalue weighted by Crippen LogP contribution is 2.53. The molecule has 0 bridgehead atoms. The molecule has 0 unspecified atom stereocenters. The molecule has 0 aromatic heterocycles. The number of unbranched alkanes of at least 4 members (excludes halogenated alkanes) is 5. The predicted octanol–water partition coefficient (Wildman–Crippen LogP) is -1.56. The fourth-order valence-corrected chi connectivity index (χ4v) is 9.64. The van der Waals surface area contributed by atoms with Crippen molar-refractivity contribution in [3.05, 3.63) is 0 Å². The quantitative estimate of drug-likeness (QED) is 0.0654. The summed E-state index contributed by atoms with van der Waals surface area (Å²) in [5, 5.41) is 0. The standard InChI is InChI=1S/C8H20N2.4CH6O6P2/c9-7-5-3-1-2-4-6-8-10;4*2-8(3,4)1-9(5,6)7/h1-10H2;4*1H2,(H2,2,3,4)(H2,5,6,7). The van der Waals surface area contributed by atoms with Crippen LogP contribution in [0.1, 0.15) is 38.5 Å². The van der Waals surface area contributed by atoms with Gasteiger partial charge in [-0.3, -0.25) is 36.5 Å². The summed E-state index contributed by atoms with van der Waals surface area (Å²) >= 11 is 0. The Morgan fingerprint density at radius 3 is 0.435 bits per heavy atom. The largest absolute Gasteiger partial charge is 0.337 e. The number of hydrogen-bond acceptors (Lipinski definition) is 10. The van der Waals surface area contributed by atoms with Gasteiger partial charge in [-0.1, -0.05) is 25.7 Å². The second-order valence-electron chi connectivity index (χ2n) is 8.58. The zero-order chi connectivity index (χ0) is 38.5. The number of hydrogen-bond donors (Lipinski definition) is 18. The van der Waals surface area contributed by atoms with Crippen molar-refractivity contribution < 1.29 is 115 Å². The van der Waals surface area contributed by atoms with Gasteiger partial charge in [-0.2, -0.15) is 0 Å². The molecule has 0 fully saturated rings. The van der Waals surface area contributed by atoms with Crippen molar-refractivity contribution in [2.75, 3.05) is 36.7 Å². The van der Waals surface area contributed by atoms with Gasteiger partial charge in [0.1, 0.15) is 0 Å². The van der Waals surface area contributed by atoms with Gasteiger partial charge in [-0.25, -0.2) is 0 Å². The lowest BCUT2D eigenvalue weighted by Crippen LogP contribution is -1.99. The van der Waals surface area contributed by atoms with Gasteiger partial charge in [0.2, 0.25) is 0 Å². The third kappa shape index (κ3) is 85.1. The summed E-state index contributed by atoms with van der Waals surface area (Å²) in [6.45, 7) is 1.69. The Balaban J connectivity index is -0.000000152. The van der Waals surface area contributed by atoms with Crippen LogP contribution in [-0.2, 0) is 36.5 Å². The summed E-state index contributed by atoms with van der Waals surface area (Å²) in [6.07, 6.45) is 7.61. The molecule has 0 amide bonds. The first-order valence-corrected chi connectivity index (χ1v) is 25.9. The second-order valence-corrected chi connectivity index (χ2v) is 23.7. The Labute approximate surface area is 262 Å². The Hall–Kier alpha value is 1.12. The Kier molecular flexibility index (Phi) is 30.9. The van der Waals surface area contributed by atoms with Crippen LogP contribution in [0.3, 0.4) is 0 Å². The monoisotopic (exact) mass is 848 g/mol. The highest BCUT2D eigenvalue weighted by atomic mass is 31.3. The van der Waals surface area contributed by atoms with Crippen molar-refractivity contribution in [2.24, 2.45) is 11.5 Å². The molecule has 0 radical (unpaired) electrons. The topological polar surface area (TPSA) is 512 Å². The molecule has 286 valence electrons. The zero-order valence-electron chi connectivity index (χ0n) is 23.6. The molecule has 20 N–H and O–H groups in total. The second kappa shape index (κ2) is 25.1. The van der Waals surface area contributed by atoms with Crippen LogP contribution >= 0.6 is 60.8 Å². The van der Waals surface area contributed by atoms with Crippen LogP contribution in [0.25, 0.3) is 0 Å². The fourth-order valence-electron chi connectivity index (χ4n) is 1.96. The van der Waals surface area contributed by atoms with Crippen molar-refractivity contribution in [2.45, 2.75) is 38.5 Å². The smallest absolute Gasteiger partial charge is 0.330 e. The molecule has 0 spiro atoms. The molecule has 0 aliphatic heterocycles. The maximum Gasteiger partial charge on any atom is 0.337 e. The summed E-state index contributed by atoms with van der Waals surface area (Å²) in [6, 6.07) is 0. The van der Waals surface area contributed by atoms with Gasteiger partial charge in [-0.05, 0) is 25.9 Å². The zero-order valence-corrected chi connectivity index (χ0v) is 30.8. The molecule has 26 nitrogen and oxygen atoms in total. The predicted molar refractivity (Wildman–Crippen MR) is 162 cm³/mol. The van der Waals surface area contributed by atoms with E-state index in [1.165, 1.54) is 38.5 Å². The molecule has 0 aliphatic carbocycles. The van der Waals surface area contributed by atoms with E-state index in [1.807, 2.05) is 0 Å². The first-order valence-electron chi connectivity index (χ1n) is 11.5. The average Bonchev–Trinajstić information content (AvgIpc) is 2.61. The van der Waals surface area contributed by atoms with Crippen LogP contribution < -0.4 is 11.5 Å². The minimum Gasteiger partial charge on any atom is -0.330 e. The van der Waals surface area contributed by atoms with Crippen molar-refractivity contribution in [1.29, 1.82) is 0 Å². The van der Waals surface area contributed by atoms with Crippen molar-refractivity contribution in [1.82, 2.24) is 0 Å². The van der Waals surface area contributed by atoms with Gasteiger partial charge in [0.05, 0.1) is 0 Å². The lowest BCUT2D eigenvalue weighted by Gasteiger charge is -2.03. The Bertz CT molecular complexity index is 923. The van der Waals surface area contributed by atoms with E-state index in [9.17, 15) is 36.5 Å². The highest BCUT2D eigenvalue weighted by molar-refractivity contribution is 7.70. The van der Waals surface area contributed by atoms with Crippen molar-refractivity contribution >= 4 is 60.8 Å². The van der Waals surface area contributed by atoms with E-state index in [1.54, 1.807) is 0 Å². The van der Waals surface area contributed by atoms with Crippen LogP contribution in [0.4, 0.5) is 0 Å². The van der Waals surface area contributed by atoms with Crippen molar-refractivity contribution in [3.8, 4) is 0 Å². The molecule has 0 heterocycles. The van der Waals surface area contributed by atoms with E-state index >= 15 is 0 Å². The number of rotatable bonds is 15. The molecule has 0 saturated heterocycles. The molecule has 0 saturated carbocycles. The van der Waals surface area contributed by atoms with Gasteiger partial charge in [0.25, 0.3) is 0 Å². The van der Waals surface area contributed by atoms with Gasteiger partial charge in [0.15, 0.2) is 23.6 Å². The molecule has 0 rings (SSSR count). The van der Waals surface area contributed by atoms with Crippen molar-refractivity contribution in [3.63, 3.8) is 0 Å². The lowest BCUT2D eigenvalue weighted by molar-refractivity contribution is 0.352. The average molecular weight is 848 g/mol. The van der Waals surface area contributed by atoms with E-state index in [-0.39, 0.29) is 0 Å². The first-order chi connectivity index (χ1) is 19.7. The molecule has 46 heavy (non-hydrogen) atoms.